The maximum absolute atomic E-state index is 11.1. The Bertz CT molecular complexity index is 342. The van der Waals surface area contributed by atoms with E-state index in [0.717, 1.165) is 0 Å². The zero-order valence-corrected chi connectivity index (χ0v) is 10.9. The Morgan fingerprint density at radius 3 is 2.65 bits per heavy atom. The van der Waals surface area contributed by atoms with Gasteiger partial charge >= 0.3 is 6.16 Å². The molecule has 0 saturated heterocycles. The summed E-state index contributed by atoms with van der Waals surface area (Å²) >= 11 is 0. The third kappa shape index (κ3) is 5.82. The van der Waals surface area contributed by atoms with E-state index in [4.69, 9.17) is 4.74 Å². The molecule has 0 amide bonds. The maximum Gasteiger partial charge on any atom is 0.509 e. The summed E-state index contributed by atoms with van der Waals surface area (Å²) in [6.07, 6.45) is 4.76. The summed E-state index contributed by atoms with van der Waals surface area (Å²) in [4.78, 5) is 11.1. The van der Waals surface area contributed by atoms with E-state index in [2.05, 4.69) is 23.2 Å². The largest absolute Gasteiger partial charge is 0.509 e. The Hall–Kier alpha value is -1.69. The van der Waals surface area contributed by atoms with Crippen molar-refractivity contribution in [3.8, 4) is 11.8 Å². The first-order valence-electron chi connectivity index (χ1n) is 5.45. The van der Waals surface area contributed by atoms with Crippen LogP contribution in [0.25, 0.3) is 0 Å². The van der Waals surface area contributed by atoms with Gasteiger partial charge in [0.15, 0.2) is 6.10 Å². The average molecular weight is 236 g/mol. The molecule has 0 aromatic carbocycles. The van der Waals surface area contributed by atoms with E-state index in [1.807, 2.05) is 26.8 Å². The number of hydrogen-bond donors (Lipinski definition) is 0. The number of hydrogen-bond acceptors (Lipinski definition) is 3. The van der Waals surface area contributed by atoms with Crippen LogP contribution in [0.5, 0.6) is 0 Å². The van der Waals surface area contributed by atoms with E-state index >= 15 is 0 Å². The van der Waals surface area contributed by atoms with Gasteiger partial charge in [0, 0.05) is 5.41 Å². The van der Waals surface area contributed by atoms with Gasteiger partial charge in [-0.3, -0.25) is 0 Å². The third-order valence-corrected chi connectivity index (χ3v) is 2.23. The summed E-state index contributed by atoms with van der Waals surface area (Å²) in [5.41, 5.74) is -0.301. The molecule has 0 aliphatic carbocycles. The SMILES string of the molecule is C=CCC(C)(C)C(C#CC=CC)OC(=O)OC. The molecule has 0 saturated carbocycles. The monoisotopic (exact) mass is 236 g/mol. The van der Waals surface area contributed by atoms with E-state index in [1.165, 1.54) is 7.11 Å². The van der Waals surface area contributed by atoms with Gasteiger partial charge in [-0.1, -0.05) is 37.8 Å². The molecule has 0 spiro atoms. The first kappa shape index (κ1) is 15.3. The molecule has 0 bridgehead atoms. The topological polar surface area (TPSA) is 35.5 Å². The number of methoxy groups -OCH3 is 1. The van der Waals surface area contributed by atoms with Crippen molar-refractivity contribution in [1.29, 1.82) is 0 Å². The van der Waals surface area contributed by atoms with Crippen molar-refractivity contribution in [3.05, 3.63) is 24.8 Å². The van der Waals surface area contributed by atoms with Crippen molar-refractivity contribution >= 4 is 6.16 Å². The lowest BCUT2D eigenvalue weighted by Gasteiger charge is -2.28. The van der Waals surface area contributed by atoms with E-state index in [1.54, 1.807) is 12.2 Å². The predicted molar refractivity (Wildman–Crippen MR) is 68.5 cm³/mol. The van der Waals surface area contributed by atoms with E-state index < -0.39 is 12.3 Å². The van der Waals surface area contributed by atoms with Crippen LogP contribution < -0.4 is 0 Å². The quantitative estimate of drug-likeness (QED) is 0.427. The molecule has 17 heavy (non-hydrogen) atoms. The molecule has 0 heterocycles. The second-order valence-electron chi connectivity index (χ2n) is 4.22. The van der Waals surface area contributed by atoms with Crippen LogP contribution in [-0.2, 0) is 9.47 Å². The predicted octanol–water partition coefficient (Wildman–Crippen LogP) is 3.32. The van der Waals surface area contributed by atoms with Crippen molar-refractivity contribution < 1.29 is 14.3 Å². The van der Waals surface area contributed by atoms with Gasteiger partial charge in [0.05, 0.1) is 7.11 Å². The fourth-order valence-electron chi connectivity index (χ4n) is 1.21. The van der Waals surface area contributed by atoms with E-state index in [-0.39, 0.29) is 5.41 Å². The zero-order chi connectivity index (χ0) is 13.3. The number of carbonyl (C=O) groups is 1. The molecular formula is C14H20O3. The molecule has 0 N–H and O–H groups in total. The molecular weight excluding hydrogens is 216 g/mol. The van der Waals surface area contributed by atoms with Crippen LogP contribution in [0, 0.1) is 17.3 Å². The van der Waals surface area contributed by atoms with Crippen LogP contribution in [0.15, 0.2) is 24.8 Å². The fraction of sp³-hybridized carbons (Fsp3) is 0.500. The molecule has 3 nitrogen and oxygen atoms in total. The number of carbonyl (C=O) groups excluding carboxylic acids is 1. The fourth-order valence-corrected chi connectivity index (χ4v) is 1.21. The Balaban J connectivity index is 4.91. The third-order valence-electron chi connectivity index (χ3n) is 2.23. The first-order chi connectivity index (χ1) is 7.97. The van der Waals surface area contributed by atoms with Gasteiger partial charge < -0.3 is 9.47 Å². The Kier molecular flexibility index (Phi) is 6.81. The lowest BCUT2D eigenvalue weighted by atomic mass is 9.83. The van der Waals surface area contributed by atoms with Crippen molar-refractivity contribution in [3.63, 3.8) is 0 Å². The molecule has 94 valence electrons. The molecule has 0 aliphatic rings. The van der Waals surface area contributed by atoms with E-state index in [9.17, 15) is 4.79 Å². The highest BCUT2D eigenvalue weighted by atomic mass is 16.7. The van der Waals surface area contributed by atoms with E-state index in [0.29, 0.717) is 6.42 Å². The summed E-state index contributed by atoms with van der Waals surface area (Å²) in [5.74, 6) is 5.73. The van der Waals surface area contributed by atoms with Gasteiger partial charge in [0.1, 0.15) is 0 Å². The number of allylic oxidation sites excluding steroid dienone is 3. The lowest BCUT2D eigenvalue weighted by Crippen LogP contribution is -2.32. The normalized spacial score (nSPS) is 12.5. The highest BCUT2D eigenvalue weighted by molar-refractivity contribution is 5.60. The van der Waals surface area contributed by atoms with Gasteiger partial charge in [-0.15, -0.1) is 6.58 Å². The zero-order valence-electron chi connectivity index (χ0n) is 10.9. The Labute approximate surface area is 103 Å². The minimum Gasteiger partial charge on any atom is -0.438 e. The summed E-state index contributed by atoms with van der Waals surface area (Å²) in [7, 11) is 1.28. The highest BCUT2D eigenvalue weighted by Crippen LogP contribution is 2.28. The van der Waals surface area contributed by atoms with Gasteiger partial charge in [-0.05, 0) is 19.4 Å². The van der Waals surface area contributed by atoms with Crippen molar-refractivity contribution in [2.75, 3.05) is 7.11 Å². The standard InChI is InChI=1S/C14H20O3/c1-6-8-9-10-12(17-13(15)16-5)14(3,4)11-7-2/h6-8,12H,2,11H2,1,3-5H3. The molecule has 0 rings (SSSR count). The first-order valence-corrected chi connectivity index (χ1v) is 5.45. The maximum atomic E-state index is 11.1. The summed E-state index contributed by atoms with van der Waals surface area (Å²) in [5, 5.41) is 0. The van der Waals surface area contributed by atoms with Gasteiger partial charge in [-0.25, -0.2) is 4.79 Å². The van der Waals surface area contributed by atoms with Crippen molar-refractivity contribution in [2.45, 2.75) is 33.3 Å². The highest BCUT2D eigenvalue weighted by Gasteiger charge is 2.30. The number of ether oxygens (including phenoxy) is 2. The van der Waals surface area contributed by atoms with Gasteiger partial charge in [0.2, 0.25) is 0 Å². The van der Waals surface area contributed by atoms with Crippen molar-refractivity contribution in [2.24, 2.45) is 5.41 Å². The average Bonchev–Trinajstić information content (AvgIpc) is 2.27. The molecule has 0 fully saturated rings. The van der Waals surface area contributed by atoms with Crippen LogP contribution >= 0.6 is 0 Å². The second kappa shape index (κ2) is 7.56. The molecule has 0 aliphatic heterocycles. The second-order valence-corrected chi connectivity index (χ2v) is 4.22. The van der Waals surface area contributed by atoms with Gasteiger partial charge in [-0.2, -0.15) is 0 Å². The molecule has 0 radical (unpaired) electrons. The lowest BCUT2D eigenvalue weighted by molar-refractivity contribution is 0.0139. The summed E-state index contributed by atoms with van der Waals surface area (Å²) in [6.45, 7) is 9.49. The smallest absolute Gasteiger partial charge is 0.438 e. The Morgan fingerprint density at radius 1 is 1.53 bits per heavy atom. The van der Waals surface area contributed by atoms with Crippen LogP contribution in [0.2, 0.25) is 0 Å². The summed E-state index contributed by atoms with van der Waals surface area (Å²) < 4.78 is 9.63. The van der Waals surface area contributed by atoms with Crippen LogP contribution in [0.3, 0.4) is 0 Å². The van der Waals surface area contributed by atoms with Crippen LogP contribution in [0.1, 0.15) is 27.2 Å². The molecule has 3 heteroatoms. The molecule has 0 aromatic rings. The van der Waals surface area contributed by atoms with Crippen LogP contribution in [-0.4, -0.2) is 19.4 Å². The number of rotatable bonds is 4. The summed E-state index contributed by atoms with van der Waals surface area (Å²) in [6, 6.07) is 0. The van der Waals surface area contributed by atoms with Crippen LogP contribution in [0.4, 0.5) is 4.79 Å². The molecule has 1 atom stereocenters. The van der Waals surface area contributed by atoms with Gasteiger partial charge in [0.25, 0.3) is 0 Å². The molecule has 0 aromatic heterocycles. The minimum absolute atomic E-state index is 0.301. The molecule has 1 unspecified atom stereocenters. The van der Waals surface area contributed by atoms with Crippen molar-refractivity contribution in [1.82, 2.24) is 0 Å². The minimum atomic E-state index is -0.720. The Morgan fingerprint density at radius 2 is 2.18 bits per heavy atom.